The fourth-order valence-corrected chi connectivity index (χ4v) is 5.43. The molecular formula is C60H55F17. The number of halogens is 17. The molecule has 0 bridgehead atoms. The maximum Gasteiger partial charge on any atom is 0.416 e. The lowest BCUT2D eigenvalue weighted by Crippen LogP contribution is -2.04. The molecule has 8 aromatic rings. The van der Waals surface area contributed by atoms with E-state index < -0.39 is 81.5 Å². The molecule has 0 saturated heterocycles. The van der Waals surface area contributed by atoms with Crippen molar-refractivity contribution in [3.63, 3.8) is 0 Å². The van der Waals surface area contributed by atoms with Crippen LogP contribution in [0.15, 0.2) is 133 Å². The summed E-state index contributed by atoms with van der Waals surface area (Å²) in [6.45, 7) is 17.8. The van der Waals surface area contributed by atoms with Crippen molar-refractivity contribution in [1.82, 2.24) is 0 Å². The van der Waals surface area contributed by atoms with Gasteiger partial charge in [0.15, 0.2) is 34.9 Å². The number of aryl methyl sites for hydroxylation is 7. The highest BCUT2D eigenvalue weighted by Crippen LogP contribution is 2.29. The molecule has 0 saturated carbocycles. The second kappa shape index (κ2) is 32.2. The Morgan fingerprint density at radius 2 is 0.675 bits per heavy atom. The van der Waals surface area contributed by atoms with Gasteiger partial charge in [0.05, 0.1) is 5.56 Å². The van der Waals surface area contributed by atoms with Crippen molar-refractivity contribution >= 4 is 0 Å². The molecule has 8 aromatic carbocycles. The summed E-state index contributed by atoms with van der Waals surface area (Å²) in [5, 5.41) is 0. The third kappa shape index (κ3) is 24.4. The Labute approximate surface area is 437 Å². The van der Waals surface area contributed by atoms with Gasteiger partial charge >= 0.3 is 6.18 Å². The third-order valence-electron chi connectivity index (χ3n) is 10.6. The predicted molar refractivity (Wildman–Crippen MR) is 268 cm³/mol. The smallest absolute Gasteiger partial charge is 0.207 e. The molecule has 0 atom stereocenters. The van der Waals surface area contributed by atoms with E-state index in [1.54, 1.807) is 58.9 Å². The van der Waals surface area contributed by atoms with Gasteiger partial charge in [0.2, 0.25) is 0 Å². The fourth-order valence-electron chi connectivity index (χ4n) is 5.43. The molecule has 0 nitrogen and oxygen atoms in total. The molecule has 17 heteroatoms. The Kier molecular flexibility index (Phi) is 28.3. The maximum atomic E-state index is 12.7. The Balaban J connectivity index is 0.000000441. The molecule has 0 fully saturated rings. The van der Waals surface area contributed by atoms with E-state index in [0.29, 0.717) is 22.3 Å². The summed E-state index contributed by atoms with van der Waals surface area (Å²) in [6, 6.07) is 29.8. The van der Waals surface area contributed by atoms with Crippen LogP contribution in [0.5, 0.6) is 0 Å². The molecule has 77 heavy (non-hydrogen) atoms. The van der Waals surface area contributed by atoms with Crippen molar-refractivity contribution in [2.75, 3.05) is 0 Å². The average molecular weight is 1100 g/mol. The molecule has 8 rings (SSSR count). The van der Waals surface area contributed by atoms with Crippen molar-refractivity contribution in [3.8, 4) is 0 Å². The van der Waals surface area contributed by atoms with Crippen LogP contribution < -0.4 is 0 Å². The number of benzene rings is 8. The van der Waals surface area contributed by atoms with E-state index in [4.69, 9.17) is 0 Å². The minimum atomic E-state index is -4.22. The predicted octanol–water partition coefficient (Wildman–Crippen LogP) is 19.9. The minimum absolute atomic E-state index is 0.0810. The molecule has 0 aliphatic rings. The van der Waals surface area contributed by atoms with E-state index in [1.807, 2.05) is 20.8 Å². The lowest BCUT2D eigenvalue weighted by molar-refractivity contribution is -0.137. The lowest BCUT2D eigenvalue weighted by Gasteiger charge is -2.05. The van der Waals surface area contributed by atoms with Crippen LogP contribution in [0.2, 0.25) is 0 Å². The van der Waals surface area contributed by atoms with Gasteiger partial charge in [0, 0.05) is 17.7 Å². The fraction of sp³-hybridized carbons (Fsp3) is 0.200. The summed E-state index contributed by atoms with van der Waals surface area (Å²) in [4.78, 5) is 0. The first-order valence-electron chi connectivity index (χ1n) is 22.7. The Morgan fingerprint density at radius 1 is 0.247 bits per heavy atom. The normalized spacial score (nSPS) is 10.1. The van der Waals surface area contributed by atoms with Gasteiger partial charge in [-0.1, -0.05) is 65.7 Å². The lowest BCUT2D eigenvalue weighted by atomic mass is 10.1. The SMILES string of the molecule is Cc1c(C)c(F)c(F)c(F)c1F.Cc1c(F)cccc1F.Cc1cc(F)cc(F)c1C.Cc1ccc(F)c(F)c1.Cc1ccc(F)cc1.Cc1ccc(F)cc1C.Cc1ccc(F)cc1F.Cc1cccc(C(F)(F)F)c1. The first-order valence-corrected chi connectivity index (χ1v) is 22.7. The van der Waals surface area contributed by atoms with Crippen LogP contribution in [0.25, 0.3) is 0 Å². The zero-order chi connectivity index (χ0) is 59.1. The van der Waals surface area contributed by atoms with Gasteiger partial charge in [-0.3, -0.25) is 0 Å². The second-order valence-electron chi connectivity index (χ2n) is 16.9. The Bertz CT molecular complexity index is 2840. The zero-order valence-electron chi connectivity index (χ0n) is 43.6. The molecule has 0 aliphatic heterocycles. The molecular weight excluding hydrogens is 1040 g/mol. The topological polar surface area (TPSA) is 0 Å². The van der Waals surface area contributed by atoms with Gasteiger partial charge in [0.25, 0.3) is 0 Å². The van der Waals surface area contributed by atoms with E-state index in [0.717, 1.165) is 58.7 Å². The summed E-state index contributed by atoms with van der Waals surface area (Å²) in [6.07, 6.45) is -4.22. The highest BCUT2D eigenvalue weighted by molar-refractivity contribution is 5.30. The van der Waals surface area contributed by atoms with E-state index in [2.05, 4.69) is 0 Å². The van der Waals surface area contributed by atoms with E-state index in [1.165, 1.54) is 93.6 Å². The molecule has 0 N–H and O–H groups in total. The van der Waals surface area contributed by atoms with Crippen molar-refractivity contribution in [2.24, 2.45) is 0 Å². The third-order valence-corrected chi connectivity index (χ3v) is 10.6. The van der Waals surface area contributed by atoms with Crippen molar-refractivity contribution in [3.05, 3.63) is 282 Å². The molecule has 414 valence electrons. The Hall–Kier alpha value is -7.43. The van der Waals surface area contributed by atoms with Gasteiger partial charge in [-0.05, 0) is 187 Å². The van der Waals surface area contributed by atoms with Crippen LogP contribution in [0, 0.1) is 158 Å². The first-order chi connectivity index (χ1) is 35.7. The summed E-state index contributed by atoms with van der Waals surface area (Å²) >= 11 is 0. The van der Waals surface area contributed by atoms with Gasteiger partial charge in [-0.2, -0.15) is 13.2 Å². The van der Waals surface area contributed by atoms with E-state index >= 15 is 0 Å². The van der Waals surface area contributed by atoms with Crippen LogP contribution in [-0.4, -0.2) is 0 Å². The van der Waals surface area contributed by atoms with Crippen molar-refractivity contribution in [1.29, 1.82) is 0 Å². The molecule has 0 spiro atoms. The molecule has 0 aliphatic carbocycles. The summed E-state index contributed by atoms with van der Waals surface area (Å²) in [5.41, 5.74) is 5.31. The zero-order valence-corrected chi connectivity index (χ0v) is 43.6. The maximum absolute atomic E-state index is 12.7. The molecule has 0 aromatic heterocycles. The van der Waals surface area contributed by atoms with Gasteiger partial charge in [-0.25, -0.2) is 61.5 Å². The summed E-state index contributed by atoms with van der Waals surface area (Å²) in [7, 11) is 0. The standard InChI is InChI=1S/C8H6F4.C8H7F3.C8H8F2.C8H9F.3C7H6F2.C7H7F/c1-3-4(2)6(10)8(12)7(11)5(3)9;1-6-3-2-4-7(5-6)8(9,10)11;1-5-3-7(9)4-8(10)6(5)2;1-6-3-4-8(9)5-7(6)2;1-5-2-3-6(8)4-7(5)9;1-5-2-3-6(8)7(9)4-5;1-5-6(8)3-2-4-7(5)9;1-6-2-4-7(8)5-3-6/h1-2H3;2-5H,1H3;3-4H,1-2H3;3-5H,1-2H3;3*2-4H,1H3;2-5H,1H3. The highest BCUT2D eigenvalue weighted by Gasteiger charge is 2.30. The first kappa shape index (κ1) is 67.6. The quantitative estimate of drug-likeness (QED) is 0.0807. The largest absolute Gasteiger partial charge is 0.416 e. The molecule has 0 heterocycles. The molecule has 0 unspecified atom stereocenters. The monoisotopic (exact) mass is 1100 g/mol. The van der Waals surface area contributed by atoms with Crippen LogP contribution in [0.3, 0.4) is 0 Å². The van der Waals surface area contributed by atoms with Crippen LogP contribution in [0.1, 0.15) is 66.8 Å². The van der Waals surface area contributed by atoms with Gasteiger partial charge < -0.3 is 0 Å². The number of alkyl halides is 3. The van der Waals surface area contributed by atoms with Gasteiger partial charge in [0.1, 0.15) is 46.5 Å². The van der Waals surface area contributed by atoms with Crippen LogP contribution in [0.4, 0.5) is 74.6 Å². The average Bonchev–Trinajstić information content (AvgIpc) is 3.36. The highest BCUT2D eigenvalue weighted by atomic mass is 19.4. The van der Waals surface area contributed by atoms with Crippen LogP contribution in [-0.2, 0) is 6.18 Å². The van der Waals surface area contributed by atoms with E-state index in [9.17, 15) is 74.6 Å². The second-order valence-corrected chi connectivity index (χ2v) is 16.9. The van der Waals surface area contributed by atoms with E-state index in [-0.39, 0.29) is 28.3 Å². The summed E-state index contributed by atoms with van der Waals surface area (Å²) in [5.74, 6) is -11.1. The van der Waals surface area contributed by atoms with Crippen molar-refractivity contribution in [2.45, 2.75) is 82.3 Å². The Morgan fingerprint density at radius 3 is 1.05 bits per heavy atom. The summed E-state index contributed by atoms with van der Waals surface area (Å²) < 4.78 is 209. The molecule has 0 radical (unpaired) electrons. The minimum Gasteiger partial charge on any atom is -0.207 e. The van der Waals surface area contributed by atoms with Gasteiger partial charge in [-0.15, -0.1) is 0 Å². The molecule has 0 amide bonds. The number of rotatable bonds is 0. The number of hydrogen-bond acceptors (Lipinski definition) is 0. The van der Waals surface area contributed by atoms with Crippen molar-refractivity contribution < 1.29 is 74.6 Å². The van der Waals surface area contributed by atoms with Crippen LogP contribution >= 0.6 is 0 Å². The number of hydrogen-bond donors (Lipinski definition) is 0.